The predicted molar refractivity (Wildman–Crippen MR) is 119 cm³/mol. The number of nitrogens with one attached hydrogen (secondary N) is 2. The van der Waals surface area contributed by atoms with Gasteiger partial charge in [0.1, 0.15) is 0 Å². The van der Waals surface area contributed by atoms with Gasteiger partial charge in [-0.05, 0) is 57.1 Å². The molecule has 6 heteroatoms. The number of ether oxygens (including phenoxy) is 1. The van der Waals surface area contributed by atoms with Gasteiger partial charge in [0.2, 0.25) is 0 Å². The number of nitrogens with zero attached hydrogens (tertiary/aromatic N) is 1. The molecule has 0 radical (unpaired) electrons. The quantitative estimate of drug-likeness (QED) is 0.342. The van der Waals surface area contributed by atoms with Crippen LogP contribution >= 0.6 is 12.2 Å². The van der Waals surface area contributed by atoms with Crippen molar-refractivity contribution in [3.05, 3.63) is 41.1 Å². The first-order chi connectivity index (χ1) is 13.5. The summed E-state index contributed by atoms with van der Waals surface area (Å²) < 4.78 is 5.55. The van der Waals surface area contributed by atoms with Crippen LogP contribution < -0.4 is 15.5 Å². The number of allylic oxidation sites excluding steroid dienone is 1. The first-order valence-electron chi connectivity index (χ1n) is 10.3. The van der Waals surface area contributed by atoms with Crippen LogP contribution in [0, 0.1) is 0 Å². The third-order valence-corrected chi connectivity index (χ3v) is 5.30. The highest BCUT2D eigenvalue weighted by atomic mass is 32.1. The lowest BCUT2D eigenvalue weighted by Gasteiger charge is -2.30. The molecule has 1 aliphatic heterocycles. The molecule has 28 heavy (non-hydrogen) atoms. The molecular weight excluding hydrogens is 370 g/mol. The minimum Gasteiger partial charge on any atom is -0.462 e. The van der Waals surface area contributed by atoms with Gasteiger partial charge in [0.25, 0.3) is 0 Å². The van der Waals surface area contributed by atoms with Gasteiger partial charge in [-0.25, -0.2) is 4.79 Å². The molecule has 0 saturated heterocycles. The zero-order valence-corrected chi connectivity index (χ0v) is 18.3. The van der Waals surface area contributed by atoms with E-state index >= 15 is 0 Å². The molecule has 2 N–H and O–H groups in total. The largest absolute Gasteiger partial charge is 0.462 e. The van der Waals surface area contributed by atoms with Gasteiger partial charge >= 0.3 is 5.97 Å². The van der Waals surface area contributed by atoms with Crippen LogP contribution in [-0.2, 0) is 9.53 Å². The second kappa shape index (κ2) is 11.1. The van der Waals surface area contributed by atoms with Crippen molar-refractivity contribution in [3.8, 4) is 0 Å². The zero-order chi connectivity index (χ0) is 20.5. The van der Waals surface area contributed by atoms with Crippen LogP contribution in [0.4, 0.5) is 5.69 Å². The first-order valence-corrected chi connectivity index (χ1v) is 10.7. The number of hydrogen-bond acceptors (Lipinski definition) is 4. The van der Waals surface area contributed by atoms with E-state index in [-0.39, 0.29) is 12.0 Å². The van der Waals surface area contributed by atoms with Gasteiger partial charge in [0.05, 0.1) is 18.2 Å². The van der Waals surface area contributed by atoms with E-state index in [1.54, 1.807) is 0 Å². The Hall–Kier alpha value is -2.08. The average molecular weight is 404 g/mol. The maximum atomic E-state index is 12.8. The summed E-state index contributed by atoms with van der Waals surface area (Å²) in [7, 11) is 0. The third kappa shape index (κ3) is 5.71. The number of esters is 1. The average Bonchev–Trinajstić information content (AvgIpc) is 2.68. The summed E-state index contributed by atoms with van der Waals surface area (Å²) in [5.41, 5.74) is 3.52. The summed E-state index contributed by atoms with van der Waals surface area (Å²) in [6, 6.07) is 8.00. The molecule has 0 spiro atoms. The summed E-state index contributed by atoms with van der Waals surface area (Å²) in [5, 5.41) is 6.81. The van der Waals surface area contributed by atoms with Crippen molar-refractivity contribution in [2.24, 2.45) is 0 Å². The highest BCUT2D eigenvalue weighted by Gasteiger charge is 2.30. The number of unbranched alkanes of at least 4 members (excludes halogenated alkanes) is 3. The summed E-state index contributed by atoms with van der Waals surface area (Å²) in [4.78, 5) is 15.1. The van der Waals surface area contributed by atoms with Gasteiger partial charge in [-0.3, -0.25) is 0 Å². The van der Waals surface area contributed by atoms with E-state index in [9.17, 15) is 4.79 Å². The van der Waals surface area contributed by atoms with Crippen molar-refractivity contribution in [2.75, 3.05) is 24.6 Å². The SMILES string of the molecule is CCCCCCOC(=O)C1=C(C)NC(=S)NC1c1ccc(N(CC)CC)cc1. The minimum atomic E-state index is -0.303. The maximum absolute atomic E-state index is 12.8. The Kier molecular flexibility index (Phi) is 8.77. The Bertz CT molecular complexity index is 696. The molecule has 154 valence electrons. The molecule has 1 atom stereocenters. The molecule has 1 heterocycles. The van der Waals surface area contributed by atoms with E-state index in [1.165, 1.54) is 5.69 Å². The lowest BCUT2D eigenvalue weighted by Crippen LogP contribution is -2.45. The summed E-state index contributed by atoms with van der Waals surface area (Å²) in [5.74, 6) is -0.283. The van der Waals surface area contributed by atoms with Gasteiger partial charge in [-0.1, -0.05) is 38.3 Å². The fourth-order valence-electron chi connectivity index (χ4n) is 3.45. The van der Waals surface area contributed by atoms with E-state index in [4.69, 9.17) is 17.0 Å². The van der Waals surface area contributed by atoms with Crippen LogP contribution in [0.15, 0.2) is 35.5 Å². The standard InChI is InChI=1S/C22H33N3O2S/c1-5-8-9-10-15-27-21(26)19-16(4)23-22(28)24-20(19)17-11-13-18(14-12-17)25(6-2)7-3/h11-14,20H,5-10,15H2,1-4H3,(H2,23,24,28). The van der Waals surface area contributed by atoms with Crippen molar-refractivity contribution in [2.45, 2.75) is 59.4 Å². The van der Waals surface area contributed by atoms with Gasteiger partial charge < -0.3 is 20.3 Å². The second-order valence-corrected chi connectivity index (χ2v) is 7.44. The van der Waals surface area contributed by atoms with Crippen LogP contribution in [0.3, 0.4) is 0 Å². The minimum absolute atomic E-state index is 0.283. The number of benzene rings is 1. The smallest absolute Gasteiger partial charge is 0.338 e. The molecule has 1 aliphatic rings. The van der Waals surface area contributed by atoms with Crippen LogP contribution in [0.5, 0.6) is 0 Å². The molecule has 0 fully saturated rings. The molecule has 0 aromatic heterocycles. The Morgan fingerprint density at radius 3 is 2.39 bits per heavy atom. The number of carbonyl (C=O) groups is 1. The highest BCUT2D eigenvalue weighted by Crippen LogP contribution is 2.29. The van der Waals surface area contributed by atoms with E-state index in [1.807, 2.05) is 6.92 Å². The molecule has 1 aromatic carbocycles. The fourth-order valence-corrected chi connectivity index (χ4v) is 3.72. The van der Waals surface area contributed by atoms with Crippen molar-refractivity contribution in [1.29, 1.82) is 0 Å². The van der Waals surface area contributed by atoms with Crippen molar-refractivity contribution in [1.82, 2.24) is 10.6 Å². The fraction of sp³-hybridized carbons (Fsp3) is 0.545. The molecule has 0 bridgehead atoms. The summed E-state index contributed by atoms with van der Waals surface area (Å²) in [6.07, 6.45) is 4.31. The predicted octanol–water partition coefficient (Wildman–Crippen LogP) is 4.45. The molecule has 2 rings (SSSR count). The van der Waals surface area contributed by atoms with E-state index in [2.05, 4.69) is 60.6 Å². The molecule has 0 amide bonds. The van der Waals surface area contributed by atoms with E-state index in [0.717, 1.165) is 50.0 Å². The maximum Gasteiger partial charge on any atom is 0.338 e. The lowest BCUT2D eigenvalue weighted by molar-refractivity contribution is -0.139. The normalized spacial score (nSPS) is 16.4. The zero-order valence-electron chi connectivity index (χ0n) is 17.5. The van der Waals surface area contributed by atoms with Gasteiger partial charge in [0, 0.05) is 24.5 Å². The number of rotatable bonds is 10. The van der Waals surface area contributed by atoms with Gasteiger partial charge in [-0.15, -0.1) is 0 Å². The van der Waals surface area contributed by atoms with Crippen molar-refractivity contribution >= 4 is 29.0 Å². The van der Waals surface area contributed by atoms with Crippen LogP contribution in [0.1, 0.15) is 65.0 Å². The number of carbonyl (C=O) groups excluding carboxylic acids is 1. The van der Waals surface area contributed by atoms with Crippen LogP contribution in [0.2, 0.25) is 0 Å². The molecule has 5 nitrogen and oxygen atoms in total. The summed E-state index contributed by atoms with van der Waals surface area (Å²) >= 11 is 5.32. The molecule has 0 saturated carbocycles. The first kappa shape index (κ1) is 22.2. The number of anilines is 1. The molecular formula is C22H33N3O2S. The van der Waals surface area contributed by atoms with Crippen molar-refractivity contribution in [3.63, 3.8) is 0 Å². The molecule has 1 aromatic rings. The molecule has 1 unspecified atom stereocenters. The Labute approximate surface area is 174 Å². The summed E-state index contributed by atoms with van der Waals surface area (Å²) in [6.45, 7) is 10.7. The number of hydrogen-bond donors (Lipinski definition) is 2. The molecule has 0 aliphatic carbocycles. The highest BCUT2D eigenvalue weighted by molar-refractivity contribution is 7.80. The Morgan fingerprint density at radius 2 is 1.79 bits per heavy atom. The van der Waals surface area contributed by atoms with Crippen LogP contribution in [-0.4, -0.2) is 30.8 Å². The van der Waals surface area contributed by atoms with Crippen molar-refractivity contribution < 1.29 is 9.53 Å². The topological polar surface area (TPSA) is 53.6 Å². The van der Waals surface area contributed by atoms with E-state index in [0.29, 0.717) is 17.3 Å². The second-order valence-electron chi connectivity index (χ2n) is 7.03. The number of thiocarbonyl (C=S) groups is 1. The van der Waals surface area contributed by atoms with Crippen LogP contribution in [0.25, 0.3) is 0 Å². The van der Waals surface area contributed by atoms with Gasteiger partial charge in [-0.2, -0.15) is 0 Å². The lowest BCUT2D eigenvalue weighted by atomic mass is 9.95. The third-order valence-electron chi connectivity index (χ3n) is 5.08. The van der Waals surface area contributed by atoms with E-state index < -0.39 is 0 Å². The monoisotopic (exact) mass is 403 g/mol. The van der Waals surface area contributed by atoms with Gasteiger partial charge in [0.15, 0.2) is 5.11 Å². The Balaban J connectivity index is 2.17. The Morgan fingerprint density at radius 1 is 1.11 bits per heavy atom.